The maximum absolute atomic E-state index is 11.8. The molecule has 0 unspecified atom stereocenters. The molecule has 0 bridgehead atoms. The lowest BCUT2D eigenvalue weighted by molar-refractivity contribution is 0.461. The number of hydrogen-bond acceptors (Lipinski definition) is 3. The van der Waals surface area contributed by atoms with Gasteiger partial charge in [0, 0.05) is 0 Å². The van der Waals surface area contributed by atoms with Gasteiger partial charge >= 0.3 is 0 Å². The highest BCUT2D eigenvalue weighted by Gasteiger charge is 2.19. The Morgan fingerprint density at radius 2 is 1.22 bits per heavy atom. The zero-order valence-corrected chi connectivity index (χ0v) is 16.2. The van der Waals surface area contributed by atoms with Crippen molar-refractivity contribution < 1.29 is 13.0 Å². The molecular formula is C18H33NO3S. The topological polar surface area (TPSA) is 93.7 Å². The first-order chi connectivity index (χ1) is 10.4. The largest absolute Gasteiger partial charge is 0.744 e. The SMILES string of the molecule is CCCc1cc(S(=O)(=O)[O-])c(CCC)c(CCC)c1CCC.[NH4+]. The Morgan fingerprint density at radius 3 is 1.65 bits per heavy atom. The standard InChI is InChI=1S/C18H30O3S.H3N/c1-5-9-14-13-18(22(19,20)21)17(12-8-4)16(11-7-3)15(14)10-6-2;/h13H,5-12H2,1-4H3,(H,19,20,21);1H3. The Kier molecular flexibility index (Phi) is 9.66. The highest BCUT2D eigenvalue weighted by atomic mass is 32.2. The Bertz CT molecular complexity index is 595. The van der Waals surface area contributed by atoms with Crippen molar-refractivity contribution >= 4 is 10.1 Å². The number of benzene rings is 1. The first kappa shape index (κ1) is 22.1. The van der Waals surface area contributed by atoms with Gasteiger partial charge in [-0.05, 0) is 54.0 Å². The van der Waals surface area contributed by atoms with E-state index in [0.29, 0.717) is 6.42 Å². The number of aryl methyl sites for hydroxylation is 1. The second-order valence-corrected chi connectivity index (χ2v) is 7.27. The highest BCUT2D eigenvalue weighted by molar-refractivity contribution is 7.85. The molecule has 0 heterocycles. The third-order valence-corrected chi connectivity index (χ3v) is 4.91. The van der Waals surface area contributed by atoms with Crippen LogP contribution in [0, 0.1) is 0 Å². The van der Waals surface area contributed by atoms with Crippen molar-refractivity contribution in [3.05, 3.63) is 28.3 Å². The molecule has 0 atom stereocenters. The quantitative estimate of drug-likeness (QED) is 0.654. The van der Waals surface area contributed by atoms with E-state index in [1.165, 1.54) is 5.56 Å². The lowest BCUT2D eigenvalue weighted by Crippen LogP contribution is -2.12. The number of hydrogen-bond donors (Lipinski definition) is 1. The minimum absolute atomic E-state index is 0. The zero-order valence-electron chi connectivity index (χ0n) is 15.4. The summed E-state index contributed by atoms with van der Waals surface area (Å²) >= 11 is 0. The van der Waals surface area contributed by atoms with Crippen molar-refractivity contribution in [1.29, 1.82) is 0 Å². The molecule has 0 aliphatic heterocycles. The van der Waals surface area contributed by atoms with Crippen LogP contribution in [-0.2, 0) is 35.8 Å². The van der Waals surface area contributed by atoms with Crippen LogP contribution in [0.1, 0.15) is 75.6 Å². The maximum Gasteiger partial charge on any atom is 0.124 e. The van der Waals surface area contributed by atoms with Gasteiger partial charge in [0.05, 0.1) is 4.90 Å². The fraction of sp³-hybridized carbons (Fsp3) is 0.667. The second-order valence-electron chi connectivity index (χ2n) is 5.92. The molecule has 0 fully saturated rings. The summed E-state index contributed by atoms with van der Waals surface area (Å²) in [4.78, 5) is 0.0288. The first-order valence-electron chi connectivity index (χ1n) is 8.52. The van der Waals surface area contributed by atoms with E-state index in [1.54, 1.807) is 6.07 Å². The lowest BCUT2D eigenvalue weighted by atomic mass is 9.87. The monoisotopic (exact) mass is 343 g/mol. The Balaban J connectivity index is 0.00000484. The van der Waals surface area contributed by atoms with Crippen LogP contribution in [0.2, 0.25) is 0 Å². The molecule has 0 aromatic heterocycles. The van der Waals surface area contributed by atoms with Gasteiger partial charge in [0.1, 0.15) is 10.1 Å². The molecule has 23 heavy (non-hydrogen) atoms. The van der Waals surface area contributed by atoms with Gasteiger partial charge in [0.15, 0.2) is 0 Å². The molecule has 0 saturated carbocycles. The van der Waals surface area contributed by atoms with E-state index in [4.69, 9.17) is 0 Å². The summed E-state index contributed by atoms with van der Waals surface area (Å²) < 4.78 is 35.3. The van der Waals surface area contributed by atoms with E-state index in [-0.39, 0.29) is 11.0 Å². The van der Waals surface area contributed by atoms with Gasteiger partial charge < -0.3 is 10.7 Å². The normalized spacial score (nSPS) is 11.3. The van der Waals surface area contributed by atoms with E-state index >= 15 is 0 Å². The Labute approximate surface area is 142 Å². The number of rotatable bonds is 9. The van der Waals surface area contributed by atoms with Crippen molar-refractivity contribution in [2.75, 3.05) is 0 Å². The van der Waals surface area contributed by atoms with E-state index in [2.05, 4.69) is 20.8 Å². The highest BCUT2D eigenvalue weighted by Crippen LogP contribution is 2.31. The fourth-order valence-corrected chi connectivity index (χ4v) is 4.02. The average molecular weight is 344 g/mol. The van der Waals surface area contributed by atoms with Gasteiger partial charge in [-0.25, -0.2) is 8.42 Å². The molecule has 0 amide bonds. The van der Waals surface area contributed by atoms with Crippen LogP contribution in [0.15, 0.2) is 11.0 Å². The molecule has 0 aliphatic carbocycles. The third kappa shape index (κ3) is 5.59. The summed E-state index contributed by atoms with van der Waals surface area (Å²) in [5.74, 6) is 0. The zero-order chi connectivity index (χ0) is 16.8. The van der Waals surface area contributed by atoms with Crippen molar-refractivity contribution in [1.82, 2.24) is 6.15 Å². The Morgan fingerprint density at radius 1 is 0.783 bits per heavy atom. The summed E-state index contributed by atoms with van der Waals surface area (Å²) in [7, 11) is -4.42. The third-order valence-electron chi connectivity index (χ3n) is 4.01. The van der Waals surface area contributed by atoms with Gasteiger partial charge in [-0.3, -0.25) is 0 Å². The van der Waals surface area contributed by atoms with Gasteiger partial charge in [0.2, 0.25) is 0 Å². The predicted octanol–water partition coefficient (Wildman–Crippen LogP) is 4.78. The Hall–Kier alpha value is -0.910. The minimum Gasteiger partial charge on any atom is -0.744 e. The predicted molar refractivity (Wildman–Crippen MR) is 96.4 cm³/mol. The van der Waals surface area contributed by atoms with Crippen molar-refractivity contribution in [2.24, 2.45) is 0 Å². The van der Waals surface area contributed by atoms with Crippen LogP contribution in [0.3, 0.4) is 0 Å². The van der Waals surface area contributed by atoms with E-state index < -0.39 is 10.1 Å². The van der Waals surface area contributed by atoms with Crippen molar-refractivity contribution in [3.63, 3.8) is 0 Å². The second kappa shape index (κ2) is 10.1. The molecule has 4 nitrogen and oxygen atoms in total. The van der Waals surface area contributed by atoms with Crippen molar-refractivity contribution in [2.45, 2.75) is 84.0 Å². The molecule has 0 aliphatic rings. The van der Waals surface area contributed by atoms with Crippen LogP contribution in [0.25, 0.3) is 0 Å². The van der Waals surface area contributed by atoms with Crippen LogP contribution in [0.5, 0.6) is 0 Å². The number of quaternary nitrogens is 1. The summed E-state index contributed by atoms with van der Waals surface area (Å²) in [6.45, 7) is 8.35. The molecule has 0 saturated heterocycles. The van der Waals surface area contributed by atoms with Gasteiger partial charge in [-0.2, -0.15) is 0 Å². The molecule has 4 N–H and O–H groups in total. The smallest absolute Gasteiger partial charge is 0.124 e. The summed E-state index contributed by atoms with van der Waals surface area (Å²) in [6.07, 6.45) is 7.09. The molecule has 0 radical (unpaired) electrons. The van der Waals surface area contributed by atoms with Gasteiger partial charge in [-0.15, -0.1) is 0 Å². The van der Waals surface area contributed by atoms with Gasteiger partial charge in [-0.1, -0.05) is 53.4 Å². The molecule has 1 aromatic rings. The van der Waals surface area contributed by atoms with Crippen LogP contribution >= 0.6 is 0 Å². The van der Waals surface area contributed by atoms with Crippen LogP contribution in [-0.4, -0.2) is 13.0 Å². The van der Waals surface area contributed by atoms with Crippen LogP contribution in [0.4, 0.5) is 0 Å². The molecule has 0 spiro atoms. The summed E-state index contributed by atoms with van der Waals surface area (Å²) in [6, 6.07) is 1.67. The van der Waals surface area contributed by atoms with Crippen LogP contribution < -0.4 is 6.15 Å². The van der Waals surface area contributed by atoms with Gasteiger partial charge in [0.25, 0.3) is 0 Å². The molecule has 1 rings (SSSR count). The fourth-order valence-electron chi connectivity index (χ4n) is 3.21. The molecular weight excluding hydrogens is 310 g/mol. The average Bonchev–Trinajstić information content (AvgIpc) is 2.44. The summed E-state index contributed by atoms with van der Waals surface area (Å²) in [5.41, 5.74) is 4.26. The molecule has 134 valence electrons. The first-order valence-corrected chi connectivity index (χ1v) is 9.93. The molecule has 5 heteroatoms. The summed E-state index contributed by atoms with van der Waals surface area (Å²) in [5, 5.41) is 0. The lowest BCUT2D eigenvalue weighted by Gasteiger charge is -2.23. The van der Waals surface area contributed by atoms with E-state index in [0.717, 1.165) is 61.6 Å². The molecule has 1 aromatic carbocycles. The maximum atomic E-state index is 11.8. The minimum atomic E-state index is -4.42. The van der Waals surface area contributed by atoms with Crippen molar-refractivity contribution in [3.8, 4) is 0 Å². The van der Waals surface area contributed by atoms with E-state index in [1.807, 2.05) is 6.92 Å². The van der Waals surface area contributed by atoms with E-state index in [9.17, 15) is 13.0 Å².